The number of benzene rings is 1. The molecule has 0 aliphatic carbocycles. The Morgan fingerprint density at radius 1 is 1.37 bits per heavy atom. The Bertz CT molecular complexity index is 381. The SMILES string of the molecule is CSCc1ccc(NC(=O)C(N)CCCC[NH3+])cc1. The number of unbranched alkanes of at least 4 members (excludes halogenated alkanes) is 1. The third kappa shape index (κ3) is 6.09. The van der Waals surface area contributed by atoms with Crippen molar-refractivity contribution in [2.45, 2.75) is 31.1 Å². The van der Waals surface area contributed by atoms with Crippen LogP contribution in [0.4, 0.5) is 5.69 Å². The molecule has 0 aliphatic rings. The van der Waals surface area contributed by atoms with Crippen LogP contribution in [-0.2, 0) is 10.5 Å². The molecule has 0 fully saturated rings. The van der Waals surface area contributed by atoms with E-state index in [1.165, 1.54) is 5.56 Å². The largest absolute Gasteiger partial charge is 0.358 e. The Morgan fingerprint density at radius 3 is 2.63 bits per heavy atom. The summed E-state index contributed by atoms with van der Waals surface area (Å²) in [5.41, 5.74) is 11.7. The molecule has 0 aromatic heterocycles. The van der Waals surface area contributed by atoms with Crippen molar-refractivity contribution in [3.63, 3.8) is 0 Å². The molecule has 4 nitrogen and oxygen atoms in total. The molecule has 106 valence electrons. The molecule has 5 heteroatoms. The van der Waals surface area contributed by atoms with Gasteiger partial charge in [0.05, 0.1) is 12.6 Å². The zero-order valence-electron chi connectivity index (χ0n) is 11.5. The summed E-state index contributed by atoms with van der Waals surface area (Å²) < 4.78 is 0. The van der Waals surface area contributed by atoms with Crippen molar-refractivity contribution >= 4 is 23.4 Å². The van der Waals surface area contributed by atoms with Crippen LogP contribution >= 0.6 is 11.8 Å². The molecule has 0 heterocycles. The van der Waals surface area contributed by atoms with Crippen LogP contribution in [-0.4, -0.2) is 24.7 Å². The maximum Gasteiger partial charge on any atom is 0.241 e. The smallest absolute Gasteiger partial charge is 0.241 e. The summed E-state index contributed by atoms with van der Waals surface area (Å²) >= 11 is 1.78. The molecule has 0 saturated heterocycles. The zero-order valence-corrected chi connectivity index (χ0v) is 12.3. The number of carbonyl (C=O) groups is 1. The molecule has 0 aliphatic heterocycles. The highest BCUT2D eigenvalue weighted by Crippen LogP contribution is 2.14. The van der Waals surface area contributed by atoms with Crippen LogP contribution in [0.25, 0.3) is 0 Å². The van der Waals surface area contributed by atoms with E-state index in [9.17, 15) is 4.79 Å². The van der Waals surface area contributed by atoms with Crippen molar-refractivity contribution in [2.24, 2.45) is 5.73 Å². The summed E-state index contributed by atoms with van der Waals surface area (Å²) in [6.07, 6.45) is 4.75. The van der Waals surface area contributed by atoms with Crippen LogP contribution in [0.2, 0.25) is 0 Å². The van der Waals surface area contributed by atoms with Crippen molar-refractivity contribution in [3.8, 4) is 0 Å². The summed E-state index contributed by atoms with van der Waals surface area (Å²) in [4.78, 5) is 11.9. The number of nitrogens with one attached hydrogen (secondary N) is 1. The summed E-state index contributed by atoms with van der Waals surface area (Å²) in [6, 6.07) is 7.47. The fourth-order valence-electron chi connectivity index (χ4n) is 1.76. The maximum absolute atomic E-state index is 11.9. The van der Waals surface area contributed by atoms with Gasteiger partial charge in [-0.15, -0.1) is 0 Å². The van der Waals surface area contributed by atoms with E-state index >= 15 is 0 Å². The lowest BCUT2D eigenvalue weighted by Gasteiger charge is -2.12. The second-order valence-electron chi connectivity index (χ2n) is 4.58. The minimum Gasteiger partial charge on any atom is -0.358 e. The molecule has 0 bridgehead atoms. The highest BCUT2D eigenvalue weighted by molar-refractivity contribution is 7.97. The van der Waals surface area contributed by atoms with E-state index < -0.39 is 6.04 Å². The average Bonchev–Trinajstić information content (AvgIpc) is 2.41. The van der Waals surface area contributed by atoms with Gasteiger partial charge in [0.25, 0.3) is 0 Å². The quantitative estimate of drug-likeness (QED) is 0.627. The molecular weight excluding hydrogens is 258 g/mol. The topological polar surface area (TPSA) is 82.8 Å². The van der Waals surface area contributed by atoms with Gasteiger partial charge in [-0.05, 0) is 43.2 Å². The first-order valence-electron chi connectivity index (χ1n) is 6.61. The summed E-state index contributed by atoms with van der Waals surface area (Å²) in [5, 5.41) is 2.85. The minimum atomic E-state index is -0.433. The van der Waals surface area contributed by atoms with Gasteiger partial charge in [0, 0.05) is 11.4 Å². The van der Waals surface area contributed by atoms with E-state index in [2.05, 4.69) is 17.3 Å². The normalized spacial score (nSPS) is 12.2. The highest BCUT2D eigenvalue weighted by atomic mass is 32.2. The van der Waals surface area contributed by atoms with Gasteiger partial charge >= 0.3 is 0 Å². The molecule has 1 aromatic rings. The summed E-state index contributed by atoms with van der Waals surface area (Å²) in [6.45, 7) is 0.894. The summed E-state index contributed by atoms with van der Waals surface area (Å²) in [7, 11) is 0. The third-order valence-corrected chi connectivity index (χ3v) is 3.51. The van der Waals surface area contributed by atoms with Crippen molar-refractivity contribution < 1.29 is 10.5 Å². The first-order valence-corrected chi connectivity index (χ1v) is 8.00. The first-order chi connectivity index (χ1) is 9.17. The van der Waals surface area contributed by atoms with Crippen LogP contribution in [0.5, 0.6) is 0 Å². The Morgan fingerprint density at radius 2 is 2.05 bits per heavy atom. The number of anilines is 1. The number of hydrogen-bond donors (Lipinski definition) is 3. The zero-order chi connectivity index (χ0) is 14.1. The first kappa shape index (κ1) is 16.0. The van der Waals surface area contributed by atoms with Crippen molar-refractivity contribution in [1.82, 2.24) is 0 Å². The predicted octanol–water partition coefficient (Wildman–Crippen LogP) is 1.23. The van der Waals surface area contributed by atoms with E-state index in [4.69, 9.17) is 5.73 Å². The van der Waals surface area contributed by atoms with Crippen molar-refractivity contribution in [3.05, 3.63) is 29.8 Å². The highest BCUT2D eigenvalue weighted by Gasteiger charge is 2.12. The predicted molar refractivity (Wildman–Crippen MR) is 81.9 cm³/mol. The fourth-order valence-corrected chi connectivity index (χ4v) is 2.28. The van der Waals surface area contributed by atoms with Crippen LogP contribution < -0.4 is 16.8 Å². The maximum atomic E-state index is 11.9. The van der Waals surface area contributed by atoms with Gasteiger partial charge in [-0.3, -0.25) is 4.79 Å². The molecule has 6 N–H and O–H groups in total. The molecule has 19 heavy (non-hydrogen) atoms. The lowest BCUT2D eigenvalue weighted by molar-refractivity contribution is -0.368. The van der Waals surface area contributed by atoms with Gasteiger partial charge in [0.2, 0.25) is 5.91 Å². The lowest BCUT2D eigenvalue weighted by Crippen LogP contribution is -2.50. The summed E-state index contributed by atoms with van der Waals surface area (Å²) in [5.74, 6) is 0.875. The van der Waals surface area contributed by atoms with Gasteiger partial charge in [-0.2, -0.15) is 11.8 Å². The monoisotopic (exact) mass is 282 g/mol. The number of amides is 1. The third-order valence-electron chi connectivity index (χ3n) is 2.88. The van der Waals surface area contributed by atoms with Crippen LogP contribution in [0.1, 0.15) is 24.8 Å². The minimum absolute atomic E-state index is 0.110. The van der Waals surface area contributed by atoms with Gasteiger partial charge < -0.3 is 16.8 Å². The molecule has 0 radical (unpaired) electrons. The molecule has 1 amide bonds. The fraction of sp³-hybridized carbons (Fsp3) is 0.500. The molecule has 1 atom stereocenters. The number of carbonyl (C=O) groups excluding carboxylic acids is 1. The van der Waals surface area contributed by atoms with E-state index in [-0.39, 0.29) is 5.91 Å². The Hall–Kier alpha value is -1.04. The second-order valence-corrected chi connectivity index (χ2v) is 5.44. The Balaban J connectivity index is 2.42. The average molecular weight is 282 g/mol. The van der Waals surface area contributed by atoms with Gasteiger partial charge in [-0.25, -0.2) is 0 Å². The molecule has 1 rings (SSSR count). The standard InChI is InChI=1S/C14H23N3OS/c1-19-10-11-5-7-12(8-6-11)17-14(18)13(16)4-2-3-9-15/h5-8,13H,2-4,9-10,15-16H2,1H3,(H,17,18)/p+1. The number of nitrogens with two attached hydrogens (primary N) is 1. The number of quaternary nitrogens is 1. The van der Waals surface area contributed by atoms with E-state index in [1.807, 2.05) is 24.3 Å². The van der Waals surface area contributed by atoms with Crippen LogP contribution in [0, 0.1) is 0 Å². The molecule has 1 aromatic carbocycles. The molecular formula is C14H24N3OS+. The number of rotatable bonds is 8. The van der Waals surface area contributed by atoms with E-state index in [1.54, 1.807) is 11.8 Å². The van der Waals surface area contributed by atoms with E-state index in [0.717, 1.165) is 30.8 Å². The Kier molecular flexibility index (Phi) is 7.55. The van der Waals surface area contributed by atoms with Crippen LogP contribution in [0.3, 0.4) is 0 Å². The Labute approximate surface area is 119 Å². The molecule has 0 spiro atoms. The second kappa shape index (κ2) is 8.96. The van der Waals surface area contributed by atoms with Crippen molar-refractivity contribution in [2.75, 3.05) is 18.1 Å². The van der Waals surface area contributed by atoms with E-state index in [0.29, 0.717) is 6.42 Å². The van der Waals surface area contributed by atoms with Crippen molar-refractivity contribution in [1.29, 1.82) is 0 Å². The van der Waals surface area contributed by atoms with Crippen LogP contribution in [0.15, 0.2) is 24.3 Å². The number of thioether (sulfide) groups is 1. The van der Waals surface area contributed by atoms with Gasteiger partial charge in [0.15, 0.2) is 0 Å². The van der Waals surface area contributed by atoms with Gasteiger partial charge in [-0.1, -0.05) is 12.1 Å². The molecule has 1 unspecified atom stereocenters. The lowest BCUT2D eigenvalue weighted by atomic mass is 10.1. The number of hydrogen-bond acceptors (Lipinski definition) is 3. The molecule has 0 saturated carbocycles. The van der Waals surface area contributed by atoms with Gasteiger partial charge in [0.1, 0.15) is 0 Å².